The fourth-order valence-corrected chi connectivity index (χ4v) is 15.9. The summed E-state index contributed by atoms with van der Waals surface area (Å²) in [6.45, 7) is 15.7. The van der Waals surface area contributed by atoms with E-state index in [4.69, 9.17) is 13.1 Å². The molecule has 0 amide bonds. The van der Waals surface area contributed by atoms with Gasteiger partial charge in [-0.25, -0.2) is 20.2 Å². The van der Waals surface area contributed by atoms with Crippen LogP contribution in [0.5, 0.6) is 0 Å². The van der Waals surface area contributed by atoms with E-state index in [1.165, 1.54) is 39.7 Å². The number of allylic oxidation sites excluding steroid dienone is 10. The van der Waals surface area contributed by atoms with Crippen molar-refractivity contribution in [2.24, 2.45) is 0 Å². The summed E-state index contributed by atoms with van der Waals surface area (Å²) in [7, 11) is 0. The zero-order valence-electron chi connectivity index (χ0n) is 31.8. The van der Waals surface area contributed by atoms with Crippen molar-refractivity contribution in [3.05, 3.63) is 160 Å². The molecule has 0 aliphatic heterocycles. The number of hydrogen-bond acceptors (Lipinski definition) is 7. The topological polar surface area (TPSA) is 90.4 Å². The molecule has 9 heteroatoms. The van der Waals surface area contributed by atoms with Gasteiger partial charge in [0, 0.05) is 54.0 Å². The van der Waals surface area contributed by atoms with Gasteiger partial charge in [-0.3, -0.25) is 9.59 Å². The molecule has 3 aromatic heterocycles. The second-order valence-corrected chi connectivity index (χ2v) is 19.5. The lowest BCUT2D eigenvalue weighted by atomic mass is 9.67. The van der Waals surface area contributed by atoms with Gasteiger partial charge in [-0.15, -0.1) is 34.0 Å². The van der Waals surface area contributed by atoms with Crippen LogP contribution in [0.2, 0.25) is 0 Å². The predicted octanol–water partition coefficient (Wildman–Crippen LogP) is 13.3. The molecule has 282 valence electrons. The zero-order chi connectivity index (χ0) is 40.2. The molecule has 0 saturated heterocycles. The van der Waals surface area contributed by atoms with Crippen LogP contribution >= 0.6 is 34.0 Å². The summed E-state index contributed by atoms with van der Waals surface area (Å²) in [6, 6.07) is 18.8. The van der Waals surface area contributed by atoms with Crippen LogP contribution in [0.25, 0.3) is 51.8 Å². The minimum atomic E-state index is -0.266. The Balaban J connectivity index is 1.07. The number of nitriles is 2. The van der Waals surface area contributed by atoms with Gasteiger partial charge >= 0.3 is 0 Å². The van der Waals surface area contributed by atoms with Crippen molar-refractivity contribution >= 4 is 87.7 Å². The molecule has 2 saturated carbocycles. The van der Waals surface area contributed by atoms with Crippen LogP contribution in [-0.4, -0.2) is 11.6 Å². The Kier molecular flexibility index (Phi) is 8.01. The Morgan fingerprint density at radius 1 is 0.576 bits per heavy atom. The highest BCUT2D eigenvalue weighted by Crippen LogP contribution is 2.64. The average Bonchev–Trinajstić information content (AvgIpc) is 4.11. The maximum Gasteiger partial charge on any atom is 0.270 e. The van der Waals surface area contributed by atoms with E-state index in [0.717, 1.165) is 75.4 Å². The van der Waals surface area contributed by atoms with E-state index in [-0.39, 0.29) is 33.8 Å². The van der Waals surface area contributed by atoms with E-state index in [9.17, 15) is 20.1 Å². The maximum absolute atomic E-state index is 14.1. The van der Waals surface area contributed by atoms with Crippen molar-refractivity contribution in [3.63, 3.8) is 0 Å². The number of Topliss-reactive ketones (excluding diaryl/α,β-unsaturated/α-hetero) is 2. The Morgan fingerprint density at radius 3 is 1.34 bits per heavy atom. The van der Waals surface area contributed by atoms with Crippen LogP contribution in [0.3, 0.4) is 0 Å². The van der Waals surface area contributed by atoms with E-state index in [0.29, 0.717) is 44.5 Å². The summed E-state index contributed by atoms with van der Waals surface area (Å²) in [4.78, 5) is 37.8. The first-order valence-electron chi connectivity index (χ1n) is 20.1. The van der Waals surface area contributed by atoms with Crippen LogP contribution in [0, 0.1) is 35.8 Å². The molecule has 3 heterocycles. The number of ketones is 2. The van der Waals surface area contributed by atoms with E-state index in [1.807, 2.05) is 82.6 Å². The highest BCUT2D eigenvalue weighted by atomic mass is 32.1. The summed E-state index contributed by atoms with van der Waals surface area (Å²) in [5.74, 6) is -0.266. The van der Waals surface area contributed by atoms with Crippen molar-refractivity contribution in [2.75, 3.05) is 0 Å². The number of benzene rings is 2. The van der Waals surface area contributed by atoms with Crippen molar-refractivity contribution < 1.29 is 9.59 Å². The van der Waals surface area contributed by atoms with Gasteiger partial charge in [0.1, 0.15) is 0 Å². The lowest BCUT2D eigenvalue weighted by Crippen LogP contribution is -2.29. The maximum atomic E-state index is 14.1. The minimum absolute atomic E-state index is 0.0541. The van der Waals surface area contributed by atoms with E-state index >= 15 is 0 Å². The van der Waals surface area contributed by atoms with Crippen molar-refractivity contribution in [3.8, 4) is 12.1 Å². The first-order chi connectivity index (χ1) is 28.9. The molecule has 0 radical (unpaired) electrons. The highest BCUT2D eigenvalue weighted by Gasteiger charge is 2.49. The second-order valence-electron chi connectivity index (χ2n) is 16.3. The van der Waals surface area contributed by atoms with Crippen LogP contribution in [0.4, 0.5) is 0 Å². The van der Waals surface area contributed by atoms with Gasteiger partial charge in [-0.1, -0.05) is 87.1 Å². The Morgan fingerprint density at radius 2 is 0.966 bits per heavy atom. The molecule has 0 N–H and O–H groups in total. The molecule has 2 fully saturated rings. The molecule has 0 atom stereocenters. The molecule has 11 rings (SSSR count). The van der Waals surface area contributed by atoms with Crippen LogP contribution in [-0.2, 0) is 10.8 Å². The number of carbonyl (C=O) groups excluding carboxylic acids is 2. The number of rotatable bonds is 2. The van der Waals surface area contributed by atoms with Gasteiger partial charge in [0.15, 0.2) is 11.6 Å². The van der Waals surface area contributed by atoms with Crippen molar-refractivity contribution in [2.45, 2.75) is 75.0 Å². The Hall–Kier alpha value is -6.20. The van der Waals surface area contributed by atoms with Gasteiger partial charge < -0.3 is 0 Å². The summed E-state index contributed by atoms with van der Waals surface area (Å²) in [6.07, 6.45) is 19.2. The molecule has 2 aromatic carbocycles. The predicted molar refractivity (Wildman–Crippen MR) is 237 cm³/mol. The molecule has 59 heavy (non-hydrogen) atoms. The SMILES string of the molecule is [C-]#[N+]C(C#N)=C1/C(=C\C2=Cc3sc4c(sc5c6c(sc54)C=C(/C=C4\C(=O)c5ccccc5\C4=C(\C#N)[N+]#[C-])C64CCCCC4)c3C23CCCCC3)C(=O)c2ccccc21. The smallest absolute Gasteiger partial charge is 0.270 e. The fraction of sp³-hybridized carbons (Fsp3) is 0.240. The Bertz CT molecular complexity index is 2960. The third kappa shape index (κ3) is 4.79. The summed E-state index contributed by atoms with van der Waals surface area (Å²) < 4.78 is 5.31. The third-order valence-electron chi connectivity index (χ3n) is 13.7. The number of carbonyl (C=O) groups is 2. The normalized spacial score (nSPS) is 22.5. The molecule has 6 aliphatic carbocycles. The molecule has 5 aromatic rings. The van der Waals surface area contributed by atoms with Crippen LogP contribution in [0.15, 0.2) is 94.4 Å². The lowest BCUT2D eigenvalue weighted by Gasteiger charge is -2.37. The number of nitrogens with zero attached hydrogens (tertiary/aromatic N) is 4. The second kappa shape index (κ2) is 13.2. The number of thiophene rings is 3. The number of hydrogen-bond donors (Lipinski definition) is 0. The van der Waals surface area contributed by atoms with E-state index in [1.54, 1.807) is 12.1 Å². The van der Waals surface area contributed by atoms with Gasteiger partial charge in [0.25, 0.3) is 11.4 Å². The van der Waals surface area contributed by atoms with Crippen LogP contribution < -0.4 is 0 Å². The first kappa shape index (κ1) is 35.9. The summed E-state index contributed by atoms with van der Waals surface area (Å²) >= 11 is 5.61. The monoisotopic (exact) mass is 816 g/mol. The highest BCUT2D eigenvalue weighted by molar-refractivity contribution is 7.39. The van der Waals surface area contributed by atoms with Gasteiger partial charge in [0.05, 0.1) is 44.1 Å². The van der Waals surface area contributed by atoms with E-state index < -0.39 is 0 Å². The summed E-state index contributed by atoms with van der Waals surface area (Å²) in [5.41, 5.74) is 8.51. The molecular weight excluding hydrogens is 785 g/mol. The fourth-order valence-electron chi connectivity index (χ4n) is 11.1. The average molecular weight is 817 g/mol. The Labute approximate surface area is 353 Å². The van der Waals surface area contributed by atoms with E-state index in [2.05, 4.69) is 34.0 Å². The van der Waals surface area contributed by atoms with Gasteiger partial charge in [0.2, 0.25) is 0 Å². The van der Waals surface area contributed by atoms with Gasteiger partial charge in [-0.05, 0) is 83.4 Å². The standard InChI is InChI=1S/C50H32N4O2S3/c1-53-35(25-51)39-29-13-5-7-15-31(29)43(55)33(39)21-27-23-37-41(49(27)17-9-3-10-18-49)45-47(57-37)48-46(59-45)42-38(58-48)24-28(50(42)19-11-4-12-20-50)22-34-40(36(26-52)54-2)30-14-6-8-16-32(30)44(34)56/h5-8,13-16,21-24H,3-4,9-12,17-20H2/b33-21-,34-22+,39-35+,40-36?. The van der Waals surface area contributed by atoms with Crippen molar-refractivity contribution in [1.82, 2.24) is 0 Å². The minimum Gasteiger partial charge on any atom is -0.289 e. The molecule has 6 nitrogen and oxygen atoms in total. The molecule has 0 unspecified atom stereocenters. The number of fused-ring (bicyclic) bond motifs is 11. The quantitative estimate of drug-likeness (QED) is 0.101. The van der Waals surface area contributed by atoms with Crippen LogP contribution in [0.1, 0.15) is 117 Å². The largest absolute Gasteiger partial charge is 0.289 e. The molecule has 0 bridgehead atoms. The zero-order valence-corrected chi connectivity index (χ0v) is 34.3. The lowest BCUT2D eigenvalue weighted by molar-refractivity contribution is 0.103. The van der Waals surface area contributed by atoms with Gasteiger partial charge in [-0.2, -0.15) is 0 Å². The molecular formula is C50H32N4O2S3. The molecule has 6 aliphatic rings. The van der Waals surface area contributed by atoms with Crippen molar-refractivity contribution in [1.29, 1.82) is 10.5 Å². The third-order valence-corrected chi connectivity index (χ3v) is 17.6. The first-order valence-corrected chi connectivity index (χ1v) is 22.6. The summed E-state index contributed by atoms with van der Waals surface area (Å²) in [5, 5.41) is 20.1. The molecule has 2 spiro atoms.